The maximum absolute atomic E-state index is 13.4. The zero-order chi connectivity index (χ0) is 25.2. The number of hydrogen-bond acceptors (Lipinski definition) is 5. The second-order valence-electron chi connectivity index (χ2n) is 10.0. The van der Waals surface area contributed by atoms with Crippen LogP contribution in [0.5, 0.6) is 0 Å². The van der Waals surface area contributed by atoms with Crippen LogP contribution in [0.15, 0.2) is 30.3 Å². The van der Waals surface area contributed by atoms with Gasteiger partial charge in [-0.2, -0.15) is 5.10 Å². The molecule has 35 heavy (non-hydrogen) atoms. The number of nitrogens with one attached hydrogen (secondary N) is 2. The quantitative estimate of drug-likeness (QED) is 0.605. The lowest BCUT2D eigenvalue weighted by atomic mass is 9.94. The van der Waals surface area contributed by atoms with Crippen molar-refractivity contribution in [2.24, 2.45) is 0 Å². The van der Waals surface area contributed by atoms with Gasteiger partial charge in [0.2, 0.25) is 5.91 Å². The Morgan fingerprint density at radius 3 is 2.49 bits per heavy atom. The second-order valence-corrected chi connectivity index (χ2v) is 10.0. The van der Waals surface area contributed by atoms with Crippen LogP contribution in [0.1, 0.15) is 72.5 Å². The van der Waals surface area contributed by atoms with E-state index in [0.29, 0.717) is 18.8 Å². The lowest BCUT2D eigenvalue weighted by molar-refractivity contribution is -0.133. The van der Waals surface area contributed by atoms with Gasteiger partial charge in [0.25, 0.3) is 11.8 Å². The van der Waals surface area contributed by atoms with E-state index < -0.39 is 5.54 Å². The van der Waals surface area contributed by atoms with Gasteiger partial charge in [-0.05, 0) is 43.9 Å². The molecule has 9 heteroatoms. The number of anilines is 1. The molecule has 0 bridgehead atoms. The molecule has 2 N–H and O–H groups in total. The van der Waals surface area contributed by atoms with Crippen LogP contribution < -0.4 is 15.5 Å². The monoisotopic (exact) mass is 480 g/mol. The van der Waals surface area contributed by atoms with E-state index in [-0.39, 0.29) is 36.0 Å². The molecule has 1 aliphatic carbocycles. The average Bonchev–Trinajstić information content (AvgIpc) is 3.50. The van der Waals surface area contributed by atoms with Gasteiger partial charge in [0, 0.05) is 45.0 Å². The van der Waals surface area contributed by atoms with Crippen molar-refractivity contribution in [1.29, 1.82) is 0 Å². The molecule has 1 aliphatic heterocycles. The first-order chi connectivity index (χ1) is 16.7. The van der Waals surface area contributed by atoms with Gasteiger partial charge in [0.05, 0.1) is 6.54 Å². The molecular weight excluding hydrogens is 444 g/mol. The summed E-state index contributed by atoms with van der Waals surface area (Å²) >= 11 is 0. The van der Waals surface area contributed by atoms with Crippen LogP contribution in [0.3, 0.4) is 0 Å². The van der Waals surface area contributed by atoms with Gasteiger partial charge < -0.3 is 20.4 Å². The van der Waals surface area contributed by atoms with Crippen LogP contribution in [0.4, 0.5) is 5.69 Å². The van der Waals surface area contributed by atoms with Crippen molar-refractivity contribution >= 4 is 23.4 Å². The fourth-order valence-corrected chi connectivity index (χ4v) is 4.92. The van der Waals surface area contributed by atoms with Crippen LogP contribution in [-0.2, 0) is 17.9 Å². The molecule has 188 valence electrons. The molecule has 1 aromatic carbocycles. The number of nitrogens with zero attached hydrogens (tertiary/aromatic N) is 4. The molecule has 2 heterocycles. The lowest BCUT2D eigenvalue weighted by Gasteiger charge is -2.43. The molecule has 0 saturated heterocycles. The van der Waals surface area contributed by atoms with E-state index >= 15 is 0 Å². The molecule has 2 aliphatic rings. The number of rotatable bonds is 8. The minimum absolute atomic E-state index is 0.153. The van der Waals surface area contributed by atoms with Gasteiger partial charge in [-0.3, -0.25) is 19.1 Å². The molecule has 3 amide bonds. The minimum Gasteiger partial charge on any atom is -0.378 e. The summed E-state index contributed by atoms with van der Waals surface area (Å²) in [5.74, 6) is -0.775. The Kier molecular flexibility index (Phi) is 7.14. The summed E-state index contributed by atoms with van der Waals surface area (Å²) in [5.41, 5.74) is 1.50. The van der Waals surface area contributed by atoms with Crippen molar-refractivity contribution < 1.29 is 14.4 Å². The average molecular weight is 481 g/mol. The molecule has 0 radical (unpaired) electrons. The summed E-state index contributed by atoms with van der Waals surface area (Å²) in [6.07, 6.45) is 4.89. The smallest absolute Gasteiger partial charge is 0.273 e. The van der Waals surface area contributed by atoms with Crippen molar-refractivity contribution in [2.45, 2.75) is 70.6 Å². The summed E-state index contributed by atoms with van der Waals surface area (Å²) in [5, 5.41) is 10.5. The van der Waals surface area contributed by atoms with Gasteiger partial charge in [0.1, 0.15) is 11.2 Å². The predicted octanol–water partition coefficient (Wildman–Crippen LogP) is 2.56. The third-order valence-corrected chi connectivity index (χ3v) is 7.06. The van der Waals surface area contributed by atoms with Crippen molar-refractivity contribution in [3.63, 3.8) is 0 Å². The first kappa shape index (κ1) is 24.8. The molecule has 0 unspecified atom stereocenters. The highest BCUT2D eigenvalue weighted by atomic mass is 16.2. The van der Waals surface area contributed by atoms with Gasteiger partial charge in [-0.25, -0.2) is 0 Å². The topological polar surface area (TPSA) is 99.6 Å². The number of carbonyl (C=O) groups excluding carboxylic acids is 3. The number of fused-ring (bicyclic) bond motifs is 1. The summed E-state index contributed by atoms with van der Waals surface area (Å²) in [6.45, 7) is 4.81. The van der Waals surface area contributed by atoms with Crippen LogP contribution >= 0.6 is 0 Å². The fraction of sp³-hybridized carbons (Fsp3) is 0.538. The maximum Gasteiger partial charge on any atom is 0.273 e. The van der Waals surface area contributed by atoms with Crippen LogP contribution in [0.2, 0.25) is 0 Å². The summed E-state index contributed by atoms with van der Waals surface area (Å²) in [6, 6.07) is 9.61. The molecule has 9 nitrogen and oxygen atoms in total. The Labute approximate surface area is 206 Å². The molecule has 2 aromatic rings. The Balaban J connectivity index is 1.50. The van der Waals surface area contributed by atoms with E-state index in [4.69, 9.17) is 0 Å². The molecular formula is C26H36N6O3. The van der Waals surface area contributed by atoms with E-state index in [2.05, 4.69) is 15.7 Å². The third kappa shape index (κ3) is 5.04. The number of hydrogen-bond donors (Lipinski definition) is 2. The summed E-state index contributed by atoms with van der Waals surface area (Å²) in [7, 11) is 3.95. The molecule has 1 fully saturated rings. The molecule has 1 aromatic heterocycles. The Bertz CT molecular complexity index is 1090. The van der Waals surface area contributed by atoms with Crippen LogP contribution in [0, 0.1) is 0 Å². The zero-order valence-electron chi connectivity index (χ0n) is 21.1. The van der Waals surface area contributed by atoms with Gasteiger partial charge in [0.15, 0.2) is 5.69 Å². The highest BCUT2D eigenvalue weighted by molar-refractivity contribution is 6.01. The lowest BCUT2D eigenvalue weighted by Crippen LogP contribution is -2.65. The highest BCUT2D eigenvalue weighted by Crippen LogP contribution is 2.29. The second kappa shape index (κ2) is 10.1. The normalized spacial score (nSPS) is 20.0. The first-order valence-corrected chi connectivity index (χ1v) is 12.5. The van der Waals surface area contributed by atoms with Gasteiger partial charge in [-0.1, -0.05) is 31.9 Å². The fourth-order valence-electron chi connectivity index (χ4n) is 4.92. The molecule has 1 atom stereocenters. The van der Waals surface area contributed by atoms with E-state index in [1.165, 1.54) is 10.7 Å². The largest absolute Gasteiger partial charge is 0.378 e. The van der Waals surface area contributed by atoms with Crippen LogP contribution in [-0.4, -0.2) is 64.6 Å². The van der Waals surface area contributed by atoms with Crippen molar-refractivity contribution in [1.82, 2.24) is 25.3 Å². The van der Waals surface area contributed by atoms with Crippen LogP contribution in [0.25, 0.3) is 0 Å². The van der Waals surface area contributed by atoms with E-state index in [9.17, 15) is 14.4 Å². The van der Waals surface area contributed by atoms with Crippen molar-refractivity contribution in [3.05, 3.63) is 47.3 Å². The SMILES string of the molecule is CCCN1C(=O)c2cc(C(=O)NCc3ccc(N(C)C)cc3)nn2C[C@]1(C)C(=O)NC1CCCC1. The number of benzene rings is 1. The molecule has 1 saturated carbocycles. The number of aromatic nitrogens is 2. The van der Waals surface area contributed by atoms with Gasteiger partial charge >= 0.3 is 0 Å². The predicted molar refractivity (Wildman–Crippen MR) is 134 cm³/mol. The Morgan fingerprint density at radius 1 is 1.17 bits per heavy atom. The van der Waals surface area contributed by atoms with Crippen molar-refractivity contribution in [2.75, 3.05) is 25.5 Å². The summed E-state index contributed by atoms with van der Waals surface area (Å²) in [4.78, 5) is 43.3. The third-order valence-electron chi connectivity index (χ3n) is 7.06. The highest BCUT2D eigenvalue weighted by Gasteiger charge is 2.48. The van der Waals surface area contributed by atoms with Crippen molar-refractivity contribution in [3.8, 4) is 0 Å². The first-order valence-electron chi connectivity index (χ1n) is 12.5. The van der Waals surface area contributed by atoms with E-state index in [1.54, 1.807) is 11.8 Å². The zero-order valence-corrected chi connectivity index (χ0v) is 21.1. The van der Waals surface area contributed by atoms with Gasteiger partial charge in [-0.15, -0.1) is 0 Å². The maximum atomic E-state index is 13.4. The summed E-state index contributed by atoms with van der Waals surface area (Å²) < 4.78 is 1.52. The van der Waals surface area contributed by atoms with E-state index in [0.717, 1.165) is 43.4 Å². The molecule has 4 rings (SSSR count). The number of carbonyl (C=O) groups is 3. The molecule has 0 spiro atoms. The standard InChI is InChI=1S/C26H36N6O3/c1-5-14-31-24(34)22-15-21(23(33)27-16-18-10-12-20(13-11-18)30(3)4)29-32(22)17-26(31,2)25(35)28-19-8-6-7-9-19/h10-13,15,19H,5-9,14,16-17H2,1-4H3,(H,27,33)(H,28,35)/t26-/m1/s1. The Hall–Kier alpha value is -3.36. The van der Waals surface area contributed by atoms with E-state index in [1.807, 2.05) is 50.2 Å². The number of amides is 3. The Morgan fingerprint density at radius 2 is 1.86 bits per heavy atom. The minimum atomic E-state index is -1.06.